The van der Waals surface area contributed by atoms with Crippen LogP contribution in [0.15, 0.2) is 61.2 Å². The number of benzene rings is 2. The molecule has 0 aliphatic heterocycles. The van der Waals surface area contributed by atoms with Crippen molar-refractivity contribution in [3.8, 4) is 11.5 Å². The van der Waals surface area contributed by atoms with Gasteiger partial charge in [0.2, 0.25) is 10.0 Å². The molecule has 0 amide bonds. The van der Waals surface area contributed by atoms with Crippen molar-refractivity contribution in [3.63, 3.8) is 0 Å². The molecule has 0 fully saturated rings. The lowest BCUT2D eigenvalue weighted by atomic mass is 9.98. The Morgan fingerprint density at radius 1 is 0.912 bits per heavy atom. The van der Waals surface area contributed by atoms with Gasteiger partial charge in [0.15, 0.2) is 0 Å². The maximum absolute atomic E-state index is 14.1. The molecular weight excluding hydrogens is 454 g/mol. The largest absolute Gasteiger partial charge is 0.497 e. The van der Waals surface area contributed by atoms with Crippen LogP contribution in [0.5, 0.6) is 11.5 Å². The van der Waals surface area contributed by atoms with Crippen LogP contribution in [0.25, 0.3) is 0 Å². The first kappa shape index (κ1) is 27.4. The van der Waals surface area contributed by atoms with E-state index in [9.17, 15) is 13.2 Å². The second-order valence-corrected chi connectivity index (χ2v) is 10.8. The van der Waals surface area contributed by atoms with Crippen LogP contribution in [0, 0.1) is 0 Å². The number of hydrogen-bond donors (Lipinski definition) is 0. The highest BCUT2D eigenvalue weighted by molar-refractivity contribution is 7.90. The standard InChI is InChI=1S/C26H35NO6S/c1-6-7-17-26(2,18-16-25(28)33-5)34(29,30)27(19-21-8-12-23(31-3)13-9-21)20-22-10-14-24(32-4)15-11-22/h6,8-15H,1,7,16-20H2,2-5H3. The molecular formula is C26H35NO6S. The van der Waals surface area contributed by atoms with Gasteiger partial charge in [-0.3, -0.25) is 4.79 Å². The van der Waals surface area contributed by atoms with Gasteiger partial charge >= 0.3 is 5.97 Å². The van der Waals surface area contributed by atoms with Gasteiger partial charge in [-0.25, -0.2) is 8.42 Å². The summed E-state index contributed by atoms with van der Waals surface area (Å²) in [6.45, 7) is 5.81. The van der Waals surface area contributed by atoms with Gasteiger partial charge in [0.1, 0.15) is 11.5 Å². The number of hydrogen-bond acceptors (Lipinski definition) is 6. The van der Waals surface area contributed by atoms with Gasteiger partial charge in [0.25, 0.3) is 0 Å². The zero-order valence-electron chi connectivity index (χ0n) is 20.5. The Kier molecular flexibility index (Phi) is 10.1. The van der Waals surface area contributed by atoms with Gasteiger partial charge in [0.05, 0.1) is 26.1 Å². The fraction of sp³-hybridized carbons (Fsp3) is 0.423. The number of allylic oxidation sites excluding steroid dienone is 1. The number of methoxy groups -OCH3 is 3. The van der Waals surface area contributed by atoms with Crippen molar-refractivity contribution in [2.24, 2.45) is 0 Å². The highest BCUT2D eigenvalue weighted by atomic mass is 32.2. The second kappa shape index (κ2) is 12.6. The van der Waals surface area contributed by atoms with E-state index in [1.165, 1.54) is 11.4 Å². The van der Waals surface area contributed by atoms with Crippen molar-refractivity contribution in [1.82, 2.24) is 4.31 Å². The first-order valence-corrected chi connectivity index (χ1v) is 12.6. The quantitative estimate of drug-likeness (QED) is 0.282. The topological polar surface area (TPSA) is 82.1 Å². The summed E-state index contributed by atoms with van der Waals surface area (Å²) in [7, 11) is 0.622. The summed E-state index contributed by atoms with van der Waals surface area (Å²) in [5, 5.41) is 0. The van der Waals surface area contributed by atoms with Crippen LogP contribution >= 0.6 is 0 Å². The van der Waals surface area contributed by atoms with Crippen molar-refractivity contribution in [3.05, 3.63) is 72.3 Å². The van der Waals surface area contributed by atoms with Crippen LogP contribution in [0.1, 0.15) is 43.7 Å². The van der Waals surface area contributed by atoms with Crippen LogP contribution in [0.2, 0.25) is 0 Å². The van der Waals surface area contributed by atoms with E-state index in [1.807, 2.05) is 48.5 Å². The summed E-state index contributed by atoms with van der Waals surface area (Å²) < 4.78 is 43.7. The molecule has 186 valence electrons. The smallest absolute Gasteiger partial charge is 0.305 e. The molecule has 0 saturated carbocycles. The highest BCUT2D eigenvalue weighted by Crippen LogP contribution is 2.34. The number of carbonyl (C=O) groups is 1. The van der Waals surface area contributed by atoms with Crippen LogP contribution < -0.4 is 9.47 Å². The number of carbonyl (C=O) groups excluding carboxylic acids is 1. The fourth-order valence-electron chi connectivity index (χ4n) is 3.67. The third-order valence-electron chi connectivity index (χ3n) is 5.96. The van der Waals surface area contributed by atoms with Crippen molar-refractivity contribution in [2.75, 3.05) is 21.3 Å². The Bertz CT molecular complexity index is 984. The molecule has 2 aromatic rings. The van der Waals surface area contributed by atoms with E-state index in [0.29, 0.717) is 24.3 Å². The third-order valence-corrected chi connectivity index (χ3v) is 8.55. The minimum Gasteiger partial charge on any atom is -0.497 e. The van der Waals surface area contributed by atoms with Gasteiger partial charge in [-0.05, 0) is 61.6 Å². The minimum absolute atomic E-state index is 0.0162. The predicted molar refractivity (Wildman–Crippen MR) is 133 cm³/mol. The van der Waals surface area contributed by atoms with E-state index < -0.39 is 20.7 Å². The molecule has 0 spiro atoms. The number of ether oxygens (including phenoxy) is 3. The monoisotopic (exact) mass is 489 g/mol. The minimum atomic E-state index is -3.85. The Morgan fingerprint density at radius 3 is 1.76 bits per heavy atom. The van der Waals surface area contributed by atoms with E-state index in [4.69, 9.17) is 14.2 Å². The van der Waals surface area contributed by atoms with E-state index in [2.05, 4.69) is 6.58 Å². The van der Waals surface area contributed by atoms with Crippen molar-refractivity contribution < 1.29 is 27.4 Å². The zero-order chi connectivity index (χ0) is 25.2. The number of nitrogens with zero attached hydrogens (tertiary/aromatic N) is 1. The van der Waals surface area contributed by atoms with E-state index in [1.54, 1.807) is 27.2 Å². The summed E-state index contributed by atoms with van der Waals surface area (Å²) in [5.74, 6) is 0.960. The van der Waals surface area contributed by atoms with Gasteiger partial charge in [-0.1, -0.05) is 30.3 Å². The third kappa shape index (κ3) is 7.08. The van der Waals surface area contributed by atoms with E-state index in [0.717, 1.165) is 11.1 Å². The zero-order valence-corrected chi connectivity index (χ0v) is 21.3. The molecule has 34 heavy (non-hydrogen) atoms. The SMILES string of the molecule is C=CCCC(C)(CCC(=O)OC)S(=O)(=O)N(Cc1ccc(OC)cc1)Cc1ccc(OC)cc1. The molecule has 0 radical (unpaired) electrons. The van der Waals surface area contributed by atoms with Gasteiger partial charge < -0.3 is 14.2 Å². The Labute approximate surface area is 203 Å². The summed E-state index contributed by atoms with van der Waals surface area (Å²) in [5.41, 5.74) is 1.66. The lowest BCUT2D eigenvalue weighted by Gasteiger charge is -2.35. The molecule has 0 heterocycles. The Balaban J connectivity index is 2.45. The van der Waals surface area contributed by atoms with Gasteiger partial charge in [0, 0.05) is 19.5 Å². The average molecular weight is 490 g/mol. The number of esters is 1. The molecule has 0 N–H and O–H groups in total. The maximum atomic E-state index is 14.1. The maximum Gasteiger partial charge on any atom is 0.305 e. The number of rotatable bonds is 14. The lowest BCUT2D eigenvalue weighted by Crippen LogP contribution is -2.46. The van der Waals surface area contributed by atoms with Gasteiger partial charge in [-0.2, -0.15) is 4.31 Å². The molecule has 0 bridgehead atoms. The molecule has 0 aliphatic carbocycles. The average Bonchev–Trinajstić information content (AvgIpc) is 2.86. The van der Waals surface area contributed by atoms with Crippen molar-refractivity contribution in [1.29, 1.82) is 0 Å². The molecule has 1 unspecified atom stereocenters. The molecule has 0 aromatic heterocycles. The predicted octanol–water partition coefficient (Wildman–Crippen LogP) is 4.71. The van der Waals surface area contributed by atoms with Crippen LogP contribution in [0.3, 0.4) is 0 Å². The first-order valence-electron chi connectivity index (χ1n) is 11.1. The molecule has 0 aliphatic rings. The van der Waals surface area contributed by atoms with Gasteiger partial charge in [-0.15, -0.1) is 6.58 Å². The summed E-state index contributed by atoms with van der Waals surface area (Å²) >= 11 is 0. The molecule has 0 saturated heterocycles. The summed E-state index contributed by atoms with van der Waals surface area (Å²) in [6.07, 6.45) is 2.72. The van der Waals surface area contributed by atoms with Crippen molar-refractivity contribution >= 4 is 16.0 Å². The van der Waals surface area contributed by atoms with Crippen LogP contribution in [0.4, 0.5) is 0 Å². The highest BCUT2D eigenvalue weighted by Gasteiger charge is 2.43. The molecule has 8 heteroatoms. The number of sulfonamides is 1. The lowest BCUT2D eigenvalue weighted by molar-refractivity contribution is -0.140. The van der Waals surface area contributed by atoms with Crippen molar-refractivity contribution in [2.45, 2.75) is 50.4 Å². The Hall–Kier alpha value is -2.84. The summed E-state index contributed by atoms with van der Waals surface area (Å²) in [4.78, 5) is 11.9. The van der Waals surface area contributed by atoms with Crippen LogP contribution in [-0.4, -0.2) is 44.8 Å². The van der Waals surface area contributed by atoms with E-state index >= 15 is 0 Å². The molecule has 1 atom stereocenters. The first-order chi connectivity index (χ1) is 16.2. The fourth-order valence-corrected chi connectivity index (χ4v) is 5.66. The van der Waals surface area contributed by atoms with E-state index in [-0.39, 0.29) is 25.9 Å². The molecule has 7 nitrogen and oxygen atoms in total. The summed E-state index contributed by atoms with van der Waals surface area (Å²) in [6, 6.07) is 14.6. The molecule has 2 rings (SSSR count). The van der Waals surface area contributed by atoms with Crippen LogP contribution in [-0.2, 0) is 32.6 Å². The Morgan fingerprint density at radius 2 is 1.38 bits per heavy atom. The molecule has 2 aromatic carbocycles. The normalized spacial score (nSPS) is 13.2. The second-order valence-electron chi connectivity index (χ2n) is 8.32.